The van der Waals surface area contributed by atoms with E-state index in [1.54, 1.807) is 26.4 Å². The maximum Gasteiger partial charge on any atom is 0.274 e. The molecule has 1 N–H and O–H groups in total. The standard InChI is InChI=1S/C18H16N2O3/c1-22-13-8-10-17(23-2)12(11-13)7-9-16-18(21)20-15-6-4-3-5-14(15)19-16/h3-11H,1-2H3,(H,20,21)/b9-7+. The van der Waals surface area contributed by atoms with E-state index in [4.69, 9.17) is 9.47 Å². The molecule has 2 aromatic carbocycles. The number of methoxy groups -OCH3 is 2. The highest BCUT2D eigenvalue weighted by molar-refractivity contribution is 5.77. The number of aromatic amines is 1. The first-order chi connectivity index (χ1) is 11.2. The Hall–Kier alpha value is -3.08. The summed E-state index contributed by atoms with van der Waals surface area (Å²) in [6.45, 7) is 0. The van der Waals surface area contributed by atoms with E-state index in [-0.39, 0.29) is 5.56 Å². The Morgan fingerprint density at radius 3 is 2.65 bits per heavy atom. The number of hydrogen-bond donors (Lipinski definition) is 1. The Bertz CT molecular complexity index is 929. The number of nitrogens with zero attached hydrogens (tertiary/aromatic N) is 1. The number of benzene rings is 2. The van der Waals surface area contributed by atoms with E-state index in [2.05, 4.69) is 9.97 Å². The second kappa shape index (κ2) is 6.36. The number of H-pyrrole nitrogens is 1. The van der Waals surface area contributed by atoms with Gasteiger partial charge in [0, 0.05) is 5.56 Å². The van der Waals surface area contributed by atoms with Crippen LogP contribution in [-0.2, 0) is 0 Å². The van der Waals surface area contributed by atoms with Crippen molar-refractivity contribution in [3.63, 3.8) is 0 Å². The van der Waals surface area contributed by atoms with Crippen LogP contribution in [0.4, 0.5) is 0 Å². The van der Waals surface area contributed by atoms with Gasteiger partial charge < -0.3 is 14.5 Å². The third-order valence-corrected chi connectivity index (χ3v) is 3.48. The topological polar surface area (TPSA) is 64.2 Å². The molecule has 0 bridgehead atoms. The van der Waals surface area contributed by atoms with Gasteiger partial charge in [0.2, 0.25) is 0 Å². The van der Waals surface area contributed by atoms with Crippen LogP contribution in [0.15, 0.2) is 47.3 Å². The quantitative estimate of drug-likeness (QED) is 0.804. The summed E-state index contributed by atoms with van der Waals surface area (Å²) < 4.78 is 10.5. The summed E-state index contributed by atoms with van der Waals surface area (Å²) in [6, 6.07) is 12.9. The Kier molecular flexibility index (Phi) is 4.10. The van der Waals surface area contributed by atoms with Crippen molar-refractivity contribution < 1.29 is 9.47 Å². The maximum atomic E-state index is 12.1. The average molecular weight is 308 g/mol. The second-order valence-corrected chi connectivity index (χ2v) is 4.91. The molecule has 0 aliphatic rings. The molecule has 0 spiro atoms. The molecule has 1 aromatic heterocycles. The maximum absolute atomic E-state index is 12.1. The lowest BCUT2D eigenvalue weighted by atomic mass is 10.1. The lowest BCUT2D eigenvalue weighted by Crippen LogP contribution is -2.11. The minimum absolute atomic E-state index is 0.234. The molecule has 5 nitrogen and oxygen atoms in total. The minimum Gasteiger partial charge on any atom is -0.497 e. The summed E-state index contributed by atoms with van der Waals surface area (Å²) >= 11 is 0. The fourth-order valence-electron chi connectivity index (χ4n) is 2.30. The number of aromatic nitrogens is 2. The van der Waals surface area contributed by atoms with Crippen molar-refractivity contribution in [2.45, 2.75) is 0 Å². The number of nitrogens with one attached hydrogen (secondary N) is 1. The van der Waals surface area contributed by atoms with Crippen molar-refractivity contribution in [3.05, 3.63) is 64.1 Å². The zero-order chi connectivity index (χ0) is 16.2. The van der Waals surface area contributed by atoms with E-state index in [1.807, 2.05) is 42.5 Å². The monoisotopic (exact) mass is 308 g/mol. The van der Waals surface area contributed by atoms with Gasteiger partial charge in [-0.05, 0) is 42.5 Å². The van der Waals surface area contributed by atoms with E-state index in [0.29, 0.717) is 22.7 Å². The third-order valence-electron chi connectivity index (χ3n) is 3.48. The Morgan fingerprint density at radius 1 is 1.04 bits per heavy atom. The van der Waals surface area contributed by atoms with Crippen LogP contribution >= 0.6 is 0 Å². The van der Waals surface area contributed by atoms with Crippen molar-refractivity contribution in [1.82, 2.24) is 9.97 Å². The third kappa shape index (κ3) is 3.08. The number of rotatable bonds is 4. The van der Waals surface area contributed by atoms with Gasteiger partial charge in [-0.3, -0.25) is 4.79 Å². The summed E-state index contributed by atoms with van der Waals surface area (Å²) in [5.41, 5.74) is 2.37. The van der Waals surface area contributed by atoms with Crippen molar-refractivity contribution in [3.8, 4) is 11.5 Å². The van der Waals surface area contributed by atoms with Crippen LogP contribution in [0.25, 0.3) is 23.2 Å². The van der Waals surface area contributed by atoms with Gasteiger partial charge in [0.05, 0.1) is 25.3 Å². The van der Waals surface area contributed by atoms with Crippen LogP contribution in [0.1, 0.15) is 11.3 Å². The molecule has 3 rings (SSSR count). The predicted octanol–water partition coefficient (Wildman–Crippen LogP) is 3.11. The lowest BCUT2D eigenvalue weighted by Gasteiger charge is -2.07. The molecule has 0 saturated carbocycles. The van der Waals surface area contributed by atoms with E-state index in [1.165, 1.54) is 0 Å². The molecule has 0 amide bonds. The Labute approximate surface area is 133 Å². The van der Waals surface area contributed by atoms with Crippen molar-refractivity contribution in [1.29, 1.82) is 0 Å². The largest absolute Gasteiger partial charge is 0.497 e. The lowest BCUT2D eigenvalue weighted by molar-refractivity contribution is 0.402. The predicted molar refractivity (Wildman–Crippen MR) is 90.8 cm³/mol. The Morgan fingerprint density at radius 2 is 1.87 bits per heavy atom. The summed E-state index contributed by atoms with van der Waals surface area (Å²) in [5.74, 6) is 1.41. The molecule has 0 fully saturated rings. The van der Waals surface area contributed by atoms with Gasteiger partial charge in [-0.15, -0.1) is 0 Å². The van der Waals surface area contributed by atoms with E-state index < -0.39 is 0 Å². The van der Waals surface area contributed by atoms with Crippen LogP contribution < -0.4 is 15.0 Å². The van der Waals surface area contributed by atoms with E-state index >= 15 is 0 Å². The molecule has 5 heteroatoms. The fourth-order valence-corrected chi connectivity index (χ4v) is 2.30. The molecule has 0 aliphatic heterocycles. The highest BCUT2D eigenvalue weighted by atomic mass is 16.5. The number of fused-ring (bicyclic) bond motifs is 1. The van der Waals surface area contributed by atoms with E-state index in [9.17, 15) is 4.79 Å². The summed E-state index contributed by atoms with van der Waals surface area (Å²) in [7, 11) is 3.20. The molecule has 3 aromatic rings. The van der Waals surface area contributed by atoms with Crippen LogP contribution in [0, 0.1) is 0 Å². The molecule has 0 saturated heterocycles. The molecule has 0 radical (unpaired) electrons. The molecule has 1 heterocycles. The molecular weight excluding hydrogens is 292 g/mol. The SMILES string of the molecule is COc1ccc(OC)c(/C=C/c2nc3ccccc3[nH]c2=O)c1. The molecule has 0 unspecified atom stereocenters. The first-order valence-electron chi connectivity index (χ1n) is 7.10. The molecule has 116 valence electrons. The highest BCUT2D eigenvalue weighted by Gasteiger charge is 2.04. The van der Waals surface area contributed by atoms with Crippen LogP contribution in [0.2, 0.25) is 0 Å². The second-order valence-electron chi connectivity index (χ2n) is 4.91. The first kappa shape index (κ1) is 14.8. The van der Waals surface area contributed by atoms with Gasteiger partial charge >= 0.3 is 0 Å². The number of ether oxygens (including phenoxy) is 2. The van der Waals surface area contributed by atoms with Crippen molar-refractivity contribution in [2.75, 3.05) is 14.2 Å². The number of hydrogen-bond acceptors (Lipinski definition) is 4. The van der Waals surface area contributed by atoms with Gasteiger partial charge in [0.25, 0.3) is 5.56 Å². The van der Waals surface area contributed by atoms with Crippen molar-refractivity contribution in [2.24, 2.45) is 0 Å². The Balaban J connectivity index is 2.03. The molecule has 0 atom stereocenters. The molecule has 0 aliphatic carbocycles. The van der Waals surface area contributed by atoms with Gasteiger partial charge in [0.1, 0.15) is 17.2 Å². The summed E-state index contributed by atoms with van der Waals surface area (Å²) in [6.07, 6.45) is 3.45. The van der Waals surface area contributed by atoms with Crippen LogP contribution in [0.5, 0.6) is 11.5 Å². The zero-order valence-electron chi connectivity index (χ0n) is 12.9. The van der Waals surface area contributed by atoms with Crippen LogP contribution in [0.3, 0.4) is 0 Å². The molecular formula is C18H16N2O3. The fraction of sp³-hybridized carbons (Fsp3) is 0.111. The van der Waals surface area contributed by atoms with Gasteiger partial charge in [-0.2, -0.15) is 0 Å². The molecule has 23 heavy (non-hydrogen) atoms. The zero-order valence-corrected chi connectivity index (χ0v) is 12.9. The average Bonchev–Trinajstić information content (AvgIpc) is 2.59. The number of para-hydroxylation sites is 2. The highest BCUT2D eigenvalue weighted by Crippen LogP contribution is 2.25. The van der Waals surface area contributed by atoms with E-state index in [0.717, 1.165) is 11.1 Å². The summed E-state index contributed by atoms with van der Waals surface area (Å²) in [4.78, 5) is 19.3. The normalized spacial score (nSPS) is 11.0. The van der Waals surface area contributed by atoms with Crippen molar-refractivity contribution >= 4 is 23.2 Å². The summed E-state index contributed by atoms with van der Waals surface area (Å²) in [5, 5.41) is 0. The smallest absolute Gasteiger partial charge is 0.274 e. The van der Waals surface area contributed by atoms with Gasteiger partial charge in [-0.25, -0.2) is 4.98 Å². The van der Waals surface area contributed by atoms with Gasteiger partial charge in [0.15, 0.2) is 0 Å². The minimum atomic E-state index is -0.234. The van der Waals surface area contributed by atoms with Gasteiger partial charge in [-0.1, -0.05) is 12.1 Å². The first-order valence-corrected chi connectivity index (χ1v) is 7.10. The van der Waals surface area contributed by atoms with Crippen LogP contribution in [-0.4, -0.2) is 24.2 Å².